The Morgan fingerprint density at radius 2 is 2.38 bits per heavy atom. The van der Waals surface area contributed by atoms with Crippen LogP contribution in [0.1, 0.15) is 17.9 Å². The van der Waals surface area contributed by atoms with Gasteiger partial charge in [0.2, 0.25) is 5.82 Å². The first kappa shape index (κ1) is 10.5. The molecule has 0 aromatic heterocycles. The molecule has 2 rings (SSSR count). The Kier molecular flexibility index (Phi) is 2.55. The molecule has 0 spiro atoms. The summed E-state index contributed by atoms with van der Waals surface area (Å²) in [5.74, 6) is -1.15. The van der Waals surface area contributed by atoms with Gasteiger partial charge in [0.05, 0.1) is 4.92 Å². The second-order valence-corrected chi connectivity index (χ2v) is 3.60. The standard InChI is InChI=1S/C10H9FN2O3/c11-10-8(13(15)16)2-1-7-9(10)6(3-4-14)5-12-7/h1-2,4,6,12H,3,5H2. The molecule has 1 aliphatic heterocycles. The lowest BCUT2D eigenvalue weighted by Crippen LogP contribution is -2.04. The molecule has 0 saturated heterocycles. The van der Waals surface area contributed by atoms with E-state index in [-0.39, 0.29) is 17.9 Å². The third-order valence-electron chi connectivity index (χ3n) is 2.68. The fourth-order valence-corrected chi connectivity index (χ4v) is 1.93. The van der Waals surface area contributed by atoms with Crippen LogP contribution in [0.3, 0.4) is 0 Å². The molecule has 16 heavy (non-hydrogen) atoms. The number of anilines is 1. The number of benzene rings is 1. The second kappa shape index (κ2) is 3.88. The van der Waals surface area contributed by atoms with Gasteiger partial charge in [-0.25, -0.2) is 0 Å². The van der Waals surface area contributed by atoms with Crippen molar-refractivity contribution < 1.29 is 14.1 Å². The van der Waals surface area contributed by atoms with E-state index in [0.29, 0.717) is 18.5 Å². The van der Waals surface area contributed by atoms with Gasteiger partial charge in [0, 0.05) is 36.2 Å². The molecule has 1 heterocycles. The molecule has 84 valence electrons. The van der Waals surface area contributed by atoms with E-state index in [0.717, 1.165) is 6.07 Å². The number of halogens is 1. The molecule has 0 fully saturated rings. The highest BCUT2D eigenvalue weighted by Crippen LogP contribution is 2.38. The minimum Gasteiger partial charge on any atom is -0.384 e. The van der Waals surface area contributed by atoms with Gasteiger partial charge < -0.3 is 10.1 Å². The first-order chi connectivity index (χ1) is 7.65. The highest BCUT2D eigenvalue weighted by Gasteiger charge is 2.30. The number of nitrogens with one attached hydrogen (secondary N) is 1. The van der Waals surface area contributed by atoms with Gasteiger partial charge in [-0.2, -0.15) is 4.39 Å². The number of carbonyl (C=O) groups is 1. The van der Waals surface area contributed by atoms with Crippen LogP contribution in [0.4, 0.5) is 15.8 Å². The van der Waals surface area contributed by atoms with Gasteiger partial charge in [0.1, 0.15) is 6.29 Å². The van der Waals surface area contributed by atoms with Crippen LogP contribution >= 0.6 is 0 Å². The van der Waals surface area contributed by atoms with Gasteiger partial charge >= 0.3 is 5.69 Å². The Balaban J connectivity index is 2.50. The summed E-state index contributed by atoms with van der Waals surface area (Å²) in [6.45, 7) is 0.437. The van der Waals surface area contributed by atoms with Gasteiger partial charge in [-0.05, 0) is 6.07 Å². The minimum absolute atomic E-state index is 0.165. The van der Waals surface area contributed by atoms with Gasteiger partial charge in [0.15, 0.2) is 0 Å². The number of carbonyl (C=O) groups excluding carboxylic acids is 1. The van der Waals surface area contributed by atoms with Crippen LogP contribution in [0.5, 0.6) is 0 Å². The van der Waals surface area contributed by atoms with Crippen LogP contribution in [-0.2, 0) is 4.79 Å². The first-order valence-corrected chi connectivity index (χ1v) is 4.79. The lowest BCUT2D eigenvalue weighted by Gasteiger charge is -2.06. The summed E-state index contributed by atoms with van der Waals surface area (Å²) in [4.78, 5) is 20.2. The molecular weight excluding hydrogens is 215 g/mol. The molecule has 0 bridgehead atoms. The summed E-state index contributed by atoms with van der Waals surface area (Å²) >= 11 is 0. The number of nitrogens with zero attached hydrogens (tertiary/aromatic N) is 1. The van der Waals surface area contributed by atoms with Crippen molar-refractivity contribution in [2.45, 2.75) is 12.3 Å². The maximum atomic E-state index is 13.8. The smallest absolute Gasteiger partial charge is 0.305 e. The third kappa shape index (κ3) is 1.52. The average Bonchev–Trinajstić information content (AvgIpc) is 2.63. The van der Waals surface area contributed by atoms with E-state index in [4.69, 9.17) is 0 Å². The molecule has 1 N–H and O–H groups in total. The quantitative estimate of drug-likeness (QED) is 0.483. The predicted octanol–water partition coefficient (Wildman–Crippen LogP) is 1.83. The van der Waals surface area contributed by atoms with E-state index in [2.05, 4.69) is 5.32 Å². The molecule has 1 aliphatic rings. The summed E-state index contributed by atoms with van der Waals surface area (Å²) in [6.07, 6.45) is 0.859. The normalized spacial score (nSPS) is 17.7. The van der Waals surface area contributed by atoms with Crippen molar-refractivity contribution in [3.8, 4) is 0 Å². The van der Waals surface area contributed by atoms with Gasteiger partial charge in [-0.3, -0.25) is 10.1 Å². The van der Waals surface area contributed by atoms with Crippen molar-refractivity contribution in [3.05, 3.63) is 33.6 Å². The van der Waals surface area contributed by atoms with Crippen LogP contribution < -0.4 is 5.32 Å². The summed E-state index contributed by atoms with van der Waals surface area (Å²) in [5.41, 5.74) is 0.245. The van der Waals surface area contributed by atoms with E-state index >= 15 is 0 Å². The third-order valence-corrected chi connectivity index (χ3v) is 2.68. The minimum atomic E-state index is -0.834. The number of hydrogen-bond donors (Lipinski definition) is 1. The molecule has 0 saturated carbocycles. The van der Waals surface area contributed by atoms with Crippen LogP contribution in [0.25, 0.3) is 0 Å². The van der Waals surface area contributed by atoms with Crippen molar-refractivity contribution >= 4 is 17.7 Å². The van der Waals surface area contributed by atoms with E-state index in [9.17, 15) is 19.3 Å². The highest BCUT2D eigenvalue weighted by molar-refractivity contribution is 5.65. The van der Waals surface area contributed by atoms with Crippen LogP contribution in [0, 0.1) is 15.9 Å². The number of nitro benzene ring substituents is 1. The fraction of sp³-hybridized carbons (Fsp3) is 0.300. The zero-order valence-electron chi connectivity index (χ0n) is 8.27. The average molecular weight is 224 g/mol. The SMILES string of the molecule is O=CCC1CNc2ccc([N+](=O)[O-])c(F)c21. The van der Waals surface area contributed by atoms with E-state index in [1.165, 1.54) is 6.07 Å². The van der Waals surface area contributed by atoms with Gasteiger partial charge in [-0.15, -0.1) is 0 Å². The zero-order chi connectivity index (χ0) is 11.7. The largest absolute Gasteiger partial charge is 0.384 e. The monoisotopic (exact) mass is 224 g/mol. The molecule has 1 aromatic rings. The number of nitro groups is 1. The summed E-state index contributed by atoms with van der Waals surface area (Å²) in [6, 6.07) is 2.60. The van der Waals surface area contributed by atoms with E-state index in [1.807, 2.05) is 0 Å². The maximum Gasteiger partial charge on any atom is 0.305 e. The zero-order valence-corrected chi connectivity index (χ0v) is 8.27. The summed E-state index contributed by atoms with van der Waals surface area (Å²) in [5, 5.41) is 13.5. The molecule has 0 radical (unpaired) electrons. The Morgan fingerprint density at radius 1 is 1.62 bits per heavy atom. The Morgan fingerprint density at radius 3 is 3.00 bits per heavy atom. The number of fused-ring (bicyclic) bond motifs is 1. The fourth-order valence-electron chi connectivity index (χ4n) is 1.93. The molecule has 0 aliphatic carbocycles. The van der Waals surface area contributed by atoms with Crippen molar-refractivity contribution in [1.29, 1.82) is 0 Å². The number of rotatable bonds is 3. The van der Waals surface area contributed by atoms with Gasteiger partial charge in [0.25, 0.3) is 0 Å². The molecule has 5 nitrogen and oxygen atoms in total. The molecule has 1 atom stereocenters. The van der Waals surface area contributed by atoms with Crippen LogP contribution in [0.15, 0.2) is 12.1 Å². The summed E-state index contributed by atoms with van der Waals surface area (Å²) in [7, 11) is 0. The molecule has 0 amide bonds. The molecular formula is C10H9FN2O3. The van der Waals surface area contributed by atoms with Crippen molar-refractivity contribution in [3.63, 3.8) is 0 Å². The highest BCUT2D eigenvalue weighted by atomic mass is 19.1. The number of aldehydes is 1. The number of hydrogen-bond acceptors (Lipinski definition) is 4. The van der Waals surface area contributed by atoms with Crippen LogP contribution in [-0.4, -0.2) is 17.8 Å². The van der Waals surface area contributed by atoms with E-state index < -0.39 is 16.4 Å². The van der Waals surface area contributed by atoms with Crippen molar-refractivity contribution in [1.82, 2.24) is 0 Å². The molecule has 6 heteroatoms. The van der Waals surface area contributed by atoms with Crippen LogP contribution in [0.2, 0.25) is 0 Å². The summed E-state index contributed by atoms with van der Waals surface area (Å²) < 4.78 is 13.8. The predicted molar refractivity (Wildman–Crippen MR) is 55.0 cm³/mol. The van der Waals surface area contributed by atoms with Crippen molar-refractivity contribution in [2.75, 3.05) is 11.9 Å². The Hall–Kier alpha value is -1.98. The van der Waals surface area contributed by atoms with Gasteiger partial charge in [-0.1, -0.05) is 0 Å². The maximum absolute atomic E-state index is 13.8. The first-order valence-electron chi connectivity index (χ1n) is 4.79. The second-order valence-electron chi connectivity index (χ2n) is 3.60. The lowest BCUT2D eigenvalue weighted by molar-refractivity contribution is -0.387. The molecule has 1 unspecified atom stereocenters. The Bertz CT molecular complexity index is 462. The lowest BCUT2D eigenvalue weighted by atomic mass is 9.97. The Labute approximate surface area is 90.4 Å². The topological polar surface area (TPSA) is 72.2 Å². The van der Waals surface area contributed by atoms with Crippen molar-refractivity contribution in [2.24, 2.45) is 0 Å². The van der Waals surface area contributed by atoms with E-state index in [1.54, 1.807) is 0 Å². The molecule has 1 aromatic carbocycles.